The molecule has 0 atom stereocenters. The molecule has 0 unspecified atom stereocenters. The van der Waals surface area contributed by atoms with Crippen LogP contribution in [0.3, 0.4) is 0 Å². The molecule has 4 rings (SSSR count). The van der Waals surface area contributed by atoms with Crippen LogP contribution in [-0.2, 0) is 13.1 Å². The zero-order chi connectivity index (χ0) is 18.1. The topological polar surface area (TPSA) is 69.4 Å². The number of aromatic amines is 2. The summed E-state index contributed by atoms with van der Waals surface area (Å²) >= 11 is 0. The van der Waals surface area contributed by atoms with E-state index < -0.39 is 0 Å². The average molecular weight is 349 g/mol. The second kappa shape index (κ2) is 6.72. The maximum atomic E-state index is 13.1. The Morgan fingerprint density at radius 1 is 1.04 bits per heavy atom. The zero-order valence-electron chi connectivity index (χ0n) is 14.7. The summed E-state index contributed by atoms with van der Waals surface area (Å²) in [6, 6.07) is 10.6. The molecule has 0 saturated carbocycles. The minimum absolute atomic E-state index is 0.247. The van der Waals surface area contributed by atoms with Gasteiger partial charge in [0.1, 0.15) is 11.6 Å². The van der Waals surface area contributed by atoms with Crippen LogP contribution in [0.2, 0.25) is 0 Å². The van der Waals surface area contributed by atoms with Crippen molar-refractivity contribution in [2.24, 2.45) is 0 Å². The predicted molar refractivity (Wildman–Crippen MR) is 100 cm³/mol. The first kappa shape index (κ1) is 16.5. The maximum Gasteiger partial charge on any atom is 0.123 e. The number of halogens is 1. The second-order valence-electron chi connectivity index (χ2n) is 6.52. The minimum Gasteiger partial charge on any atom is -0.341 e. The molecule has 3 N–H and O–H groups in total. The number of H-pyrrole nitrogens is 2. The van der Waals surface area contributed by atoms with Gasteiger partial charge >= 0.3 is 0 Å². The van der Waals surface area contributed by atoms with Gasteiger partial charge in [-0.1, -0.05) is 0 Å². The molecular formula is C20H20FN5. The maximum absolute atomic E-state index is 13.1. The van der Waals surface area contributed by atoms with Crippen molar-refractivity contribution in [1.29, 1.82) is 0 Å². The average Bonchev–Trinajstić information content (AvgIpc) is 3.23. The van der Waals surface area contributed by atoms with Crippen molar-refractivity contribution in [1.82, 2.24) is 25.5 Å². The van der Waals surface area contributed by atoms with Crippen molar-refractivity contribution in [2.75, 3.05) is 0 Å². The third-order valence-electron chi connectivity index (χ3n) is 4.61. The van der Waals surface area contributed by atoms with Crippen LogP contribution in [0, 0.1) is 19.7 Å². The molecule has 0 saturated heterocycles. The Hall–Kier alpha value is -2.99. The molecule has 0 aliphatic carbocycles. The van der Waals surface area contributed by atoms with Crippen LogP contribution in [0.5, 0.6) is 0 Å². The zero-order valence-corrected chi connectivity index (χ0v) is 14.7. The molecule has 2 heterocycles. The van der Waals surface area contributed by atoms with E-state index in [9.17, 15) is 4.39 Å². The number of nitrogens with zero attached hydrogens (tertiary/aromatic N) is 2. The summed E-state index contributed by atoms with van der Waals surface area (Å²) in [5.74, 6) is 0.653. The van der Waals surface area contributed by atoms with Crippen LogP contribution in [0.4, 0.5) is 4.39 Å². The number of aromatic nitrogens is 4. The summed E-state index contributed by atoms with van der Waals surface area (Å²) in [7, 11) is 0. The van der Waals surface area contributed by atoms with Gasteiger partial charge in [0.15, 0.2) is 0 Å². The number of fused-ring (bicyclic) bond motifs is 1. The first-order chi connectivity index (χ1) is 12.6. The number of hydrogen-bond acceptors (Lipinski definition) is 3. The molecule has 132 valence electrons. The van der Waals surface area contributed by atoms with Crippen molar-refractivity contribution < 1.29 is 4.39 Å². The normalized spacial score (nSPS) is 11.3. The molecular weight excluding hydrogens is 329 g/mol. The molecule has 2 aromatic heterocycles. The molecule has 0 aliphatic rings. The Labute approximate surface area is 150 Å². The molecule has 0 bridgehead atoms. The summed E-state index contributed by atoms with van der Waals surface area (Å²) in [5, 5.41) is 10.5. The van der Waals surface area contributed by atoms with Gasteiger partial charge in [-0.15, -0.1) is 0 Å². The molecule has 26 heavy (non-hydrogen) atoms. The van der Waals surface area contributed by atoms with Crippen LogP contribution in [0.1, 0.15) is 22.5 Å². The summed E-state index contributed by atoms with van der Waals surface area (Å²) in [4.78, 5) is 8.00. The van der Waals surface area contributed by atoms with E-state index in [4.69, 9.17) is 0 Å². The van der Waals surface area contributed by atoms with Crippen LogP contribution < -0.4 is 5.32 Å². The Morgan fingerprint density at radius 3 is 2.62 bits per heavy atom. The quantitative estimate of drug-likeness (QED) is 0.510. The fraction of sp³-hybridized carbons (Fsp3) is 0.200. The molecule has 0 fully saturated rings. The number of imidazole rings is 1. The van der Waals surface area contributed by atoms with Crippen molar-refractivity contribution in [3.05, 3.63) is 70.9 Å². The standard InChI is InChI=1S/C20H20FN5/c1-12-7-17-18(8-13(12)2)25-19(24-17)11-22-9-15-10-23-26-20(15)14-3-5-16(21)6-4-14/h3-8,10,22H,9,11H2,1-2H3,(H,23,26)(H,24,25). The molecule has 6 heteroatoms. The van der Waals surface area contributed by atoms with E-state index in [-0.39, 0.29) is 5.82 Å². The monoisotopic (exact) mass is 349 g/mol. The number of aryl methyl sites for hydroxylation is 2. The smallest absolute Gasteiger partial charge is 0.123 e. The number of nitrogens with one attached hydrogen (secondary N) is 3. The van der Waals surface area contributed by atoms with E-state index in [1.807, 2.05) is 0 Å². The first-order valence-electron chi connectivity index (χ1n) is 8.55. The lowest BCUT2D eigenvalue weighted by atomic mass is 10.1. The van der Waals surface area contributed by atoms with E-state index in [0.717, 1.165) is 33.7 Å². The van der Waals surface area contributed by atoms with Gasteiger partial charge in [0, 0.05) is 17.7 Å². The van der Waals surface area contributed by atoms with Crippen molar-refractivity contribution >= 4 is 11.0 Å². The molecule has 4 aromatic rings. The van der Waals surface area contributed by atoms with Gasteiger partial charge in [0.2, 0.25) is 0 Å². The molecule has 0 radical (unpaired) electrons. The van der Waals surface area contributed by atoms with Crippen molar-refractivity contribution in [3.8, 4) is 11.3 Å². The Kier molecular flexibility index (Phi) is 4.26. The fourth-order valence-electron chi connectivity index (χ4n) is 3.03. The highest BCUT2D eigenvalue weighted by molar-refractivity contribution is 5.77. The third kappa shape index (κ3) is 3.23. The number of hydrogen-bond donors (Lipinski definition) is 3. The Bertz CT molecular complexity index is 1010. The molecule has 0 amide bonds. The number of rotatable bonds is 5. The predicted octanol–water partition coefficient (Wildman–Crippen LogP) is 4.00. The van der Waals surface area contributed by atoms with E-state index in [1.165, 1.54) is 23.3 Å². The van der Waals surface area contributed by atoms with Gasteiger partial charge < -0.3 is 10.3 Å². The fourth-order valence-corrected chi connectivity index (χ4v) is 3.03. The summed E-state index contributed by atoms with van der Waals surface area (Å²) in [6.07, 6.45) is 1.79. The Balaban J connectivity index is 1.46. The lowest BCUT2D eigenvalue weighted by Gasteiger charge is -2.05. The molecule has 2 aromatic carbocycles. The number of benzene rings is 2. The summed E-state index contributed by atoms with van der Waals surface area (Å²) in [6.45, 7) is 5.46. The van der Waals surface area contributed by atoms with Gasteiger partial charge in [-0.05, 0) is 61.4 Å². The van der Waals surface area contributed by atoms with Crippen LogP contribution >= 0.6 is 0 Å². The lowest BCUT2D eigenvalue weighted by Crippen LogP contribution is -2.13. The highest BCUT2D eigenvalue weighted by Gasteiger charge is 2.09. The highest BCUT2D eigenvalue weighted by atomic mass is 19.1. The van der Waals surface area contributed by atoms with E-state index in [0.29, 0.717) is 13.1 Å². The Morgan fingerprint density at radius 2 is 1.81 bits per heavy atom. The van der Waals surface area contributed by atoms with E-state index >= 15 is 0 Å². The lowest BCUT2D eigenvalue weighted by molar-refractivity contribution is 0.628. The summed E-state index contributed by atoms with van der Waals surface area (Å²) in [5.41, 5.74) is 7.37. The van der Waals surface area contributed by atoms with Gasteiger partial charge in [0.05, 0.1) is 29.5 Å². The van der Waals surface area contributed by atoms with Crippen molar-refractivity contribution in [2.45, 2.75) is 26.9 Å². The van der Waals surface area contributed by atoms with Gasteiger partial charge in [-0.2, -0.15) is 5.10 Å². The first-order valence-corrected chi connectivity index (χ1v) is 8.55. The van der Waals surface area contributed by atoms with Crippen molar-refractivity contribution in [3.63, 3.8) is 0 Å². The second-order valence-corrected chi connectivity index (χ2v) is 6.52. The van der Waals surface area contributed by atoms with Crippen LogP contribution in [0.25, 0.3) is 22.3 Å². The van der Waals surface area contributed by atoms with Gasteiger partial charge in [-0.3, -0.25) is 5.10 Å². The van der Waals surface area contributed by atoms with Crippen LogP contribution in [-0.4, -0.2) is 20.2 Å². The third-order valence-corrected chi connectivity index (χ3v) is 4.61. The van der Waals surface area contributed by atoms with Gasteiger partial charge in [0.25, 0.3) is 0 Å². The molecule has 0 aliphatic heterocycles. The van der Waals surface area contributed by atoms with E-state index in [1.54, 1.807) is 18.3 Å². The largest absolute Gasteiger partial charge is 0.341 e. The summed E-state index contributed by atoms with van der Waals surface area (Å²) < 4.78 is 13.1. The SMILES string of the molecule is Cc1cc2nc(CNCc3cn[nH]c3-c3ccc(F)cc3)[nH]c2cc1C. The van der Waals surface area contributed by atoms with E-state index in [2.05, 4.69) is 51.5 Å². The molecule has 0 spiro atoms. The molecule has 5 nitrogen and oxygen atoms in total. The highest BCUT2D eigenvalue weighted by Crippen LogP contribution is 2.21. The van der Waals surface area contributed by atoms with Crippen LogP contribution in [0.15, 0.2) is 42.6 Å². The van der Waals surface area contributed by atoms with Gasteiger partial charge in [-0.25, -0.2) is 9.37 Å². The minimum atomic E-state index is -0.247.